The van der Waals surface area contributed by atoms with Crippen molar-refractivity contribution in [2.45, 2.75) is 20.3 Å². The first kappa shape index (κ1) is 17.1. The monoisotopic (exact) mass is 342 g/mol. The van der Waals surface area contributed by atoms with Gasteiger partial charge in [0.25, 0.3) is 5.91 Å². The summed E-state index contributed by atoms with van der Waals surface area (Å²) in [7, 11) is 0. The van der Waals surface area contributed by atoms with E-state index in [-0.39, 0.29) is 17.7 Å². The smallest absolute Gasteiger partial charge is 0.255 e. The summed E-state index contributed by atoms with van der Waals surface area (Å²) in [6.45, 7) is 6.15. The molecule has 1 saturated heterocycles. The van der Waals surface area contributed by atoms with Gasteiger partial charge in [0.2, 0.25) is 5.91 Å². The molecule has 0 unspecified atom stereocenters. The van der Waals surface area contributed by atoms with E-state index in [1.807, 2.05) is 18.7 Å². The highest BCUT2D eigenvalue weighted by Crippen LogP contribution is 2.22. The third kappa shape index (κ3) is 3.93. The van der Waals surface area contributed by atoms with Crippen LogP contribution in [0, 0.1) is 5.92 Å². The standard InChI is InChI=1S/C16H20Cl2N2O2/c1-11(2)15(21)19-6-3-7-20(9-8-19)16(22)13-10-12(17)4-5-14(13)18/h4-5,10-11H,3,6-9H2,1-2H3. The van der Waals surface area contributed by atoms with E-state index in [2.05, 4.69) is 0 Å². The molecule has 1 aromatic carbocycles. The summed E-state index contributed by atoms with van der Waals surface area (Å²) in [5.74, 6) is -0.0222. The second kappa shape index (κ2) is 7.34. The summed E-state index contributed by atoms with van der Waals surface area (Å²) in [6.07, 6.45) is 0.766. The molecule has 0 saturated carbocycles. The maximum absolute atomic E-state index is 12.6. The summed E-state index contributed by atoms with van der Waals surface area (Å²) in [6, 6.07) is 4.88. The second-order valence-electron chi connectivity index (χ2n) is 5.75. The van der Waals surface area contributed by atoms with E-state index in [9.17, 15) is 9.59 Å². The first-order chi connectivity index (χ1) is 10.4. The predicted octanol–water partition coefficient (Wildman–Crippen LogP) is 3.32. The Balaban J connectivity index is 2.09. The van der Waals surface area contributed by atoms with Gasteiger partial charge in [-0.25, -0.2) is 0 Å². The maximum atomic E-state index is 12.6. The normalized spacial score (nSPS) is 15.9. The Bertz CT molecular complexity index is 575. The Kier molecular flexibility index (Phi) is 5.70. The lowest BCUT2D eigenvalue weighted by Crippen LogP contribution is -2.39. The molecule has 6 heteroatoms. The van der Waals surface area contributed by atoms with Crippen LogP contribution in [-0.2, 0) is 4.79 Å². The van der Waals surface area contributed by atoms with Crippen molar-refractivity contribution in [3.05, 3.63) is 33.8 Å². The molecule has 0 spiro atoms. The molecular formula is C16H20Cl2N2O2. The van der Waals surface area contributed by atoms with Crippen LogP contribution in [-0.4, -0.2) is 47.8 Å². The molecule has 0 radical (unpaired) electrons. The number of amides is 2. The summed E-state index contributed by atoms with van der Waals surface area (Å²) in [5.41, 5.74) is 0.415. The third-order valence-electron chi connectivity index (χ3n) is 3.75. The van der Waals surface area contributed by atoms with Crippen molar-refractivity contribution in [2.75, 3.05) is 26.2 Å². The fraction of sp³-hybridized carbons (Fsp3) is 0.500. The molecule has 1 aromatic rings. The number of benzene rings is 1. The summed E-state index contributed by atoms with van der Waals surface area (Å²) in [4.78, 5) is 28.3. The summed E-state index contributed by atoms with van der Waals surface area (Å²) >= 11 is 12.1. The van der Waals surface area contributed by atoms with Crippen LogP contribution in [0.15, 0.2) is 18.2 Å². The van der Waals surface area contributed by atoms with Gasteiger partial charge < -0.3 is 9.80 Å². The quantitative estimate of drug-likeness (QED) is 0.827. The lowest BCUT2D eigenvalue weighted by atomic mass is 10.2. The minimum absolute atomic E-state index is 0.0235. The molecule has 2 amide bonds. The first-order valence-corrected chi connectivity index (χ1v) is 8.19. The zero-order valence-corrected chi connectivity index (χ0v) is 14.3. The SMILES string of the molecule is CC(C)C(=O)N1CCCN(C(=O)c2cc(Cl)ccc2Cl)CC1. The Morgan fingerprint density at radius 1 is 1.05 bits per heavy atom. The number of carbonyl (C=O) groups excluding carboxylic acids is 2. The largest absolute Gasteiger partial charge is 0.341 e. The van der Waals surface area contributed by atoms with Crippen LogP contribution in [0.3, 0.4) is 0 Å². The molecule has 1 aliphatic rings. The number of carbonyl (C=O) groups is 2. The van der Waals surface area contributed by atoms with Gasteiger partial charge in [-0.3, -0.25) is 9.59 Å². The number of rotatable bonds is 2. The molecule has 0 aromatic heterocycles. The molecule has 0 N–H and O–H groups in total. The Labute approximate surface area is 141 Å². The molecular weight excluding hydrogens is 323 g/mol. The molecule has 0 atom stereocenters. The molecule has 0 aliphatic carbocycles. The van der Waals surface area contributed by atoms with Crippen molar-refractivity contribution in [3.63, 3.8) is 0 Å². The van der Waals surface area contributed by atoms with E-state index in [0.29, 0.717) is 41.8 Å². The zero-order valence-electron chi connectivity index (χ0n) is 12.8. The van der Waals surface area contributed by atoms with Gasteiger partial charge in [-0.1, -0.05) is 37.0 Å². The third-order valence-corrected chi connectivity index (χ3v) is 4.31. The number of hydrogen-bond acceptors (Lipinski definition) is 2. The number of nitrogens with zero attached hydrogens (tertiary/aromatic N) is 2. The fourth-order valence-corrected chi connectivity index (χ4v) is 2.91. The highest BCUT2D eigenvalue weighted by atomic mass is 35.5. The molecule has 1 heterocycles. The topological polar surface area (TPSA) is 40.6 Å². The Morgan fingerprint density at radius 2 is 1.68 bits per heavy atom. The predicted molar refractivity (Wildman–Crippen MR) is 88.4 cm³/mol. The summed E-state index contributed by atoms with van der Waals surface area (Å²) in [5, 5.41) is 0.882. The lowest BCUT2D eigenvalue weighted by Gasteiger charge is -2.23. The molecule has 1 aliphatic heterocycles. The fourth-order valence-electron chi connectivity index (χ4n) is 2.54. The highest BCUT2D eigenvalue weighted by molar-refractivity contribution is 6.35. The van der Waals surface area contributed by atoms with E-state index in [1.54, 1.807) is 23.1 Å². The van der Waals surface area contributed by atoms with E-state index >= 15 is 0 Å². The molecule has 1 fully saturated rings. The molecule has 4 nitrogen and oxygen atoms in total. The van der Waals surface area contributed by atoms with Gasteiger partial charge in [0.05, 0.1) is 10.6 Å². The van der Waals surface area contributed by atoms with E-state index < -0.39 is 0 Å². The minimum Gasteiger partial charge on any atom is -0.341 e. The van der Waals surface area contributed by atoms with Gasteiger partial charge in [-0.05, 0) is 24.6 Å². The number of halogens is 2. The van der Waals surface area contributed by atoms with Crippen molar-refractivity contribution in [1.29, 1.82) is 0 Å². The Hall–Kier alpha value is -1.26. The van der Waals surface area contributed by atoms with Crippen LogP contribution < -0.4 is 0 Å². The van der Waals surface area contributed by atoms with Gasteiger partial charge in [-0.2, -0.15) is 0 Å². The Morgan fingerprint density at radius 3 is 2.36 bits per heavy atom. The van der Waals surface area contributed by atoms with Crippen LogP contribution in [0.25, 0.3) is 0 Å². The van der Waals surface area contributed by atoms with Crippen molar-refractivity contribution in [2.24, 2.45) is 5.92 Å². The average molecular weight is 343 g/mol. The van der Waals surface area contributed by atoms with Gasteiger partial charge >= 0.3 is 0 Å². The van der Waals surface area contributed by atoms with E-state index in [1.165, 1.54) is 0 Å². The number of hydrogen-bond donors (Lipinski definition) is 0. The highest BCUT2D eigenvalue weighted by Gasteiger charge is 2.25. The maximum Gasteiger partial charge on any atom is 0.255 e. The van der Waals surface area contributed by atoms with Crippen LogP contribution in [0.2, 0.25) is 10.0 Å². The van der Waals surface area contributed by atoms with Crippen molar-refractivity contribution in [3.8, 4) is 0 Å². The lowest BCUT2D eigenvalue weighted by molar-refractivity contribution is -0.134. The van der Waals surface area contributed by atoms with Crippen molar-refractivity contribution >= 4 is 35.0 Å². The van der Waals surface area contributed by atoms with Gasteiger partial charge in [0, 0.05) is 37.1 Å². The molecule has 0 bridgehead atoms. The average Bonchev–Trinajstić information content (AvgIpc) is 2.74. The van der Waals surface area contributed by atoms with Crippen molar-refractivity contribution in [1.82, 2.24) is 9.80 Å². The molecule has 2 rings (SSSR count). The van der Waals surface area contributed by atoms with Crippen LogP contribution in [0.5, 0.6) is 0 Å². The van der Waals surface area contributed by atoms with Crippen LogP contribution >= 0.6 is 23.2 Å². The minimum atomic E-state index is -0.133. The van der Waals surface area contributed by atoms with Gasteiger partial charge in [-0.15, -0.1) is 0 Å². The van der Waals surface area contributed by atoms with E-state index in [4.69, 9.17) is 23.2 Å². The second-order valence-corrected chi connectivity index (χ2v) is 6.59. The molecule has 22 heavy (non-hydrogen) atoms. The summed E-state index contributed by atoms with van der Waals surface area (Å²) < 4.78 is 0. The van der Waals surface area contributed by atoms with Crippen molar-refractivity contribution < 1.29 is 9.59 Å². The van der Waals surface area contributed by atoms with Gasteiger partial charge in [0.1, 0.15) is 0 Å². The molecule has 120 valence electrons. The van der Waals surface area contributed by atoms with E-state index in [0.717, 1.165) is 6.42 Å². The zero-order chi connectivity index (χ0) is 16.3. The van der Waals surface area contributed by atoms with Gasteiger partial charge in [0.15, 0.2) is 0 Å². The van der Waals surface area contributed by atoms with Crippen LogP contribution in [0.4, 0.5) is 0 Å². The first-order valence-electron chi connectivity index (χ1n) is 7.43. The van der Waals surface area contributed by atoms with Crippen LogP contribution in [0.1, 0.15) is 30.6 Å².